The van der Waals surface area contributed by atoms with E-state index >= 15 is 0 Å². The summed E-state index contributed by atoms with van der Waals surface area (Å²) in [6.07, 6.45) is 10.8. The minimum absolute atomic E-state index is 0.444. The van der Waals surface area contributed by atoms with Gasteiger partial charge in [0.2, 0.25) is 0 Å². The Hall–Kier alpha value is -2.37. The number of pyridine rings is 1. The third kappa shape index (κ3) is 3.88. The smallest absolute Gasteiger partial charge is 0.160 e. The Morgan fingerprint density at radius 1 is 1.00 bits per heavy atom. The number of anilines is 4. The van der Waals surface area contributed by atoms with Gasteiger partial charge in [-0.2, -0.15) is 0 Å². The highest BCUT2D eigenvalue weighted by Gasteiger charge is 2.16. The number of hydrogen-bond donors (Lipinski definition) is 3. The van der Waals surface area contributed by atoms with Gasteiger partial charge in [0.15, 0.2) is 11.6 Å². The molecule has 1 fully saturated rings. The first-order valence-electron chi connectivity index (χ1n) is 8.29. The summed E-state index contributed by atoms with van der Waals surface area (Å²) in [6, 6.07) is 4.35. The molecule has 122 valence electrons. The maximum absolute atomic E-state index is 6.26. The Labute approximate surface area is 137 Å². The summed E-state index contributed by atoms with van der Waals surface area (Å²) >= 11 is 0. The van der Waals surface area contributed by atoms with E-state index in [1.165, 1.54) is 44.9 Å². The minimum Gasteiger partial charge on any atom is -0.393 e. The van der Waals surface area contributed by atoms with Crippen molar-refractivity contribution in [3.05, 3.63) is 30.2 Å². The average molecular weight is 312 g/mol. The molecule has 1 aliphatic rings. The molecule has 0 unspecified atom stereocenters. The fourth-order valence-corrected chi connectivity index (χ4v) is 2.96. The van der Waals surface area contributed by atoms with Gasteiger partial charge in [0, 0.05) is 12.2 Å². The molecule has 3 rings (SSSR count). The van der Waals surface area contributed by atoms with Crippen LogP contribution in [0.25, 0.3) is 0 Å². The van der Waals surface area contributed by atoms with Gasteiger partial charge in [-0.05, 0) is 31.4 Å². The van der Waals surface area contributed by atoms with Crippen LogP contribution in [0, 0.1) is 6.92 Å². The molecule has 0 saturated heterocycles. The lowest BCUT2D eigenvalue weighted by Crippen LogP contribution is -2.20. The second-order valence-electron chi connectivity index (χ2n) is 6.11. The van der Waals surface area contributed by atoms with Crippen molar-refractivity contribution in [2.24, 2.45) is 0 Å². The number of rotatable bonds is 4. The van der Waals surface area contributed by atoms with Gasteiger partial charge in [-0.3, -0.25) is 0 Å². The minimum atomic E-state index is 0.444. The number of hydrogen-bond acceptors (Lipinski definition) is 6. The molecule has 0 aliphatic heterocycles. The zero-order chi connectivity index (χ0) is 16.1. The van der Waals surface area contributed by atoms with E-state index in [1.807, 2.05) is 19.1 Å². The number of nitrogens with zero attached hydrogens (tertiary/aromatic N) is 3. The Bertz CT molecular complexity index is 649. The van der Waals surface area contributed by atoms with Crippen LogP contribution in [0.4, 0.5) is 23.1 Å². The monoisotopic (exact) mass is 312 g/mol. The van der Waals surface area contributed by atoms with Crippen molar-refractivity contribution in [2.45, 2.75) is 51.5 Å². The summed E-state index contributed by atoms with van der Waals surface area (Å²) in [5.41, 5.74) is 7.85. The first-order valence-corrected chi connectivity index (χ1v) is 8.29. The van der Waals surface area contributed by atoms with E-state index in [4.69, 9.17) is 5.73 Å². The molecule has 0 amide bonds. The highest BCUT2D eigenvalue weighted by Crippen LogP contribution is 2.28. The topological polar surface area (TPSA) is 88.8 Å². The van der Waals surface area contributed by atoms with E-state index in [0.717, 1.165) is 11.4 Å². The highest BCUT2D eigenvalue weighted by molar-refractivity contribution is 5.77. The zero-order valence-corrected chi connectivity index (χ0v) is 13.5. The molecule has 23 heavy (non-hydrogen) atoms. The van der Waals surface area contributed by atoms with Gasteiger partial charge in [-0.25, -0.2) is 15.0 Å². The van der Waals surface area contributed by atoms with Crippen LogP contribution in [0.3, 0.4) is 0 Å². The fraction of sp³-hybridized carbons (Fsp3) is 0.471. The van der Waals surface area contributed by atoms with Crippen LogP contribution in [0.15, 0.2) is 24.7 Å². The fourth-order valence-electron chi connectivity index (χ4n) is 2.96. The lowest BCUT2D eigenvalue weighted by Gasteiger charge is -2.19. The predicted octanol–water partition coefficient (Wildman–Crippen LogP) is 3.64. The number of nitrogen functional groups attached to an aromatic ring is 1. The Morgan fingerprint density at radius 3 is 2.48 bits per heavy atom. The second-order valence-corrected chi connectivity index (χ2v) is 6.11. The van der Waals surface area contributed by atoms with Gasteiger partial charge in [-0.15, -0.1) is 0 Å². The van der Waals surface area contributed by atoms with Crippen molar-refractivity contribution in [1.82, 2.24) is 15.0 Å². The lowest BCUT2D eigenvalue weighted by atomic mass is 10.1. The predicted molar refractivity (Wildman–Crippen MR) is 93.8 cm³/mol. The zero-order valence-electron chi connectivity index (χ0n) is 13.5. The summed E-state index contributed by atoms with van der Waals surface area (Å²) in [5.74, 6) is 2.07. The van der Waals surface area contributed by atoms with E-state index in [9.17, 15) is 0 Å². The molecule has 6 heteroatoms. The summed E-state index contributed by atoms with van der Waals surface area (Å²) in [5, 5.41) is 6.70. The van der Waals surface area contributed by atoms with E-state index in [0.29, 0.717) is 23.4 Å². The molecule has 2 aromatic heterocycles. The molecule has 0 bridgehead atoms. The molecule has 4 N–H and O–H groups in total. The molecule has 1 saturated carbocycles. The molecule has 0 atom stereocenters. The van der Waals surface area contributed by atoms with Gasteiger partial charge in [-0.1, -0.05) is 31.7 Å². The first kappa shape index (κ1) is 15.5. The van der Waals surface area contributed by atoms with Crippen molar-refractivity contribution < 1.29 is 0 Å². The number of aromatic nitrogens is 3. The van der Waals surface area contributed by atoms with E-state index < -0.39 is 0 Å². The maximum Gasteiger partial charge on any atom is 0.160 e. The first-order chi connectivity index (χ1) is 11.2. The SMILES string of the molecule is Cc1cccnc1Nc1ncnc(NC2CCCCCC2)c1N. The number of nitrogens with two attached hydrogens (primary N) is 1. The normalized spacial score (nSPS) is 15.9. The standard InChI is InChI=1S/C17H24N6/c1-12-7-6-10-19-15(12)23-17-14(18)16(20-11-21-17)22-13-8-4-2-3-5-9-13/h6-7,10-11,13H,2-5,8-9,18H2,1H3,(H2,19,20,21,22,23). The van der Waals surface area contributed by atoms with Crippen molar-refractivity contribution in [2.75, 3.05) is 16.4 Å². The van der Waals surface area contributed by atoms with Crippen LogP contribution in [0.1, 0.15) is 44.1 Å². The summed E-state index contributed by atoms with van der Waals surface area (Å²) in [4.78, 5) is 12.9. The molecular weight excluding hydrogens is 288 g/mol. The highest BCUT2D eigenvalue weighted by atomic mass is 15.1. The van der Waals surface area contributed by atoms with Crippen LogP contribution in [-0.4, -0.2) is 21.0 Å². The van der Waals surface area contributed by atoms with E-state index in [2.05, 4.69) is 25.6 Å². The maximum atomic E-state index is 6.26. The van der Waals surface area contributed by atoms with E-state index in [1.54, 1.807) is 6.20 Å². The van der Waals surface area contributed by atoms with Crippen LogP contribution >= 0.6 is 0 Å². The largest absolute Gasteiger partial charge is 0.393 e. The molecule has 0 radical (unpaired) electrons. The van der Waals surface area contributed by atoms with Gasteiger partial charge in [0.05, 0.1) is 0 Å². The van der Waals surface area contributed by atoms with Crippen molar-refractivity contribution >= 4 is 23.1 Å². The van der Waals surface area contributed by atoms with Crippen LogP contribution < -0.4 is 16.4 Å². The Kier molecular flexibility index (Phi) is 4.90. The lowest BCUT2D eigenvalue weighted by molar-refractivity contribution is 0.618. The van der Waals surface area contributed by atoms with Crippen LogP contribution in [0.2, 0.25) is 0 Å². The molecule has 1 aliphatic carbocycles. The van der Waals surface area contributed by atoms with Gasteiger partial charge in [0.25, 0.3) is 0 Å². The molecular formula is C17H24N6. The molecule has 2 heterocycles. The number of aryl methyl sites for hydroxylation is 1. The second kappa shape index (κ2) is 7.26. The Morgan fingerprint density at radius 2 is 1.74 bits per heavy atom. The summed E-state index contributed by atoms with van der Waals surface area (Å²) < 4.78 is 0. The van der Waals surface area contributed by atoms with E-state index in [-0.39, 0.29) is 0 Å². The third-order valence-electron chi connectivity index (χ3n) is 4.33. The molecule has 2 aromatic rings. The molecule has 6 nitrogen and oxygen atoms in total. The van der Waals surface area contributed by atoms with Gasteiger partial charge < -0.3 is 16.4 Å². The van der Waals surface area contributed by atoms with Crippen LogP contribution in [0.5, 0.6) is 0 Å². The molecule has 0 aromatic carbocycles. The average Bonchev–Trinajstić information content (AvgIpc) is 2.82. The summed E-state index contributed by atoms with van der Waals surface area (Å²) in [7, 11) is 0. The van der Waals surface area contributed by atoms with Gasteiger partial charge in [0.1, 0.15) is 17.8 Å². The van der Waals surface area contributed by atoms with Crippen molar-refractivity contribution in [3.8, 4) is 0 Å². The Balaban J connectivity index is 1.76. The summed E-state index contributed by atoms with van der Waals surface area (Å²) in [6.45, 7) is 2.00. The number of nitrogens with one attached hydrogen (secondary N) is 2. The van der Waals surface area contributed by atoms with Crippen molar-refractivity contribution in [1.29, 1.82) is 0 Å². The third-order valence-corrected chi connectivity index (χ3v) is 4.33. The van der Waals surface area contributed by atoms with Crippen LogP contribution in [-0.2, 0) is 0 Å². The van der Waals surface area contributed by atoms with Gasteiger partial charge >= 0.3 is 0 Å². The quantitative estimate of drug-likeness (QED) is 0.747. The van der Waals surface area contributed by atoms with Crippen molar-refractivity contribution in [3.63, 3.8) is 0 Å². The molecule has 0 spiro atoms.